The molecule has 2 N–H and O–H groups in total. The van der Waals surface area contributed by atoms with Crippen molar-refractivity contribution in [1.29, 1.82) is 5.26 Å². The Labute approximate surface area is 133 Å². The number of urea groups is 1. The lowest BCUT2D eigenvalue weighted by Gasteiger charge is -2.09. The summed E-state index contributed by atoms with van der Waals surface area (Å²) >= 11 is 0. The van der Waals surface area contributed by atoms with Crippen molar-refractivity contribution in [2.75, 3.05) is 18.5 Å². The van der Waals surface area contributed by atoms with Crippen LogP contribution in [0, 0.1) is 17.1 Å². The maximum atomic E-state index is 12.8. The van der Waals surface area contributed by atoms with Crippen molar-refractivity contribution in [1.82, 2.24) is 5.32 Å². The maximum Gasteiger partial charge on any atom is 0.319 e. The van der Waals surface area contributed by atoms with Gasteiger partial charge in [0.15, 0.2) is 6.61 Å². The number of hydrogen-bond acceptors (Lipinski definition) is 3. The van der Waals surface area contributed by atoms with Crippen LogP contribution in [0.15, 0.2) is 48.5 Å². The molecule has 0 fully saturated rings. The van der Waals surface area contributed by atoms with Crippen molar-refractivity contribution < 1.29 is 13.9 Å². The van der Waals surface area contributed by atoms with Gasteiger partial charge in [-0.3, -0.25) is 0 Å². The van der Waals surface area contributed by atoms with E-state index in [4.69, 9.17) is 10.00 Å². The molecule has 6 heteroatoms. The molecule has 0 aliphatic rings. The number of nitriles is 1. The van der Waals surface area contributed by atoms with Gasteiger partial charge < -0.3 is 15.4 Å². The molecule has 0 bridgehead atoms. The molecule has 0 aromatic heterocycles. The van der Waals surface area contributed by atoms with E-state index in [2.05, 4.69) is 10.6 Å². The molecule has 0 radical (unpaired) electrons. The van der Waals surface area contributed by atoms with Crippen molar-refractivity contribution >= 4 is 11.7 Å². The van der Waals surface area contributed by atoms with E-state index in [9.17, 15) is 9.18 Å². The number of hydrogen-bond donors (Lipinski definition) is 2. The van der Waals surface area contributed by atoms with E-state index in [0.717, 1.165) is 5.56 Å². The quantitative estimate of drug-likeness (QED) is 0.860. The Hall–Kier alpha value is -3.07. The number of benzene rings is 2. The van der Waals surface area contributed by atoms with Crippen molar-refractivity contribution in [3.05, 3.63) is 59.9 Å². The molecule has 0 atom stereocenters. The van der Waals surface area contributed by atoms with Gasteiger partial charge in [-0.1, -0.05) is 18.2 Å². The fourth-order valence-corrected chi connectivity index (χ4v) is 1.93. The molecule has 2 rings (SSSR count). The number of carbonyl (C=O) groups is 1. The molecule has 5 nitrogen and oxygen atoms in total. The summed E-state index contributed by atoms with van der Waals surface area (Å²) in [5.41, 5.74) is 1.51. The lowest BCUT2D eigenvalue weighted by molar-refractivity contribution is 0.252. The summed E-state index contributed by atoms with van der Waals surface area (Å²) in [7, 11) is 0. The fourth-order valence-electron chi connectivity index (χ4n) is 1.93. The first-order valence-corrected chi connectivity index (χ1v) is 7.06. The molecular formula is C17H16FN3O2. The number of rotatable bonds is 6. The van der Waals surface area contributed by atoms with Crippen molar-refractivity contribution in [3.63, 3.8) is 0 Å². The molecule has 2 aromatic rings. The summed E-state index contributed by atoms with van der Waals surface area (Å²) < 4.78 is 17.9. The average molecular weight is 313 g/mol. The number of nitrogens with zero attached hydrogens (tertiary/aromatic N) is 1. The second kappa shape index (κ2) is 8.39. The van der Waals surface area contributed by atoms with Crippen LogP contribution in [0.3, 0.4) is 0 Å². The second-order valence-electron chi connectivity index (χ2n) is 4.73. The van der Waals surface area contributed by atoms with Crippen LogP contribution in [0.1, 0.15) is 5.56 Å². The third-order valence-corrected chi connectivity index (χ3v) is 3.01. The highest BCUT2D eigenvalue weighted by Gasteiger charge is 2.03. The zero-order valence-corrected chi connectivity index (χ0v) is 12.4. The Morgan fingerprint density at radius 2 is 2.00 bits per heavy atom. The van der Waals surface area contributed by atoms with Crippen LogP contribution in [0.25, 0.3) is 0 Å². The number of nitrogens with one attached hydrogen (secondary N) is 2. The first kappa shape index (κ1) is 16.3. The lowest BCUT2D eigenvalue weighted by Crippen LogP contribution is -2.30. The van der Waals surface area contributed by atoms with E-state index in [-0.39, 0.29) is 18.5 Å². The molecule has 0 spiro atoms. The molecular weight excluding hydrogens is 297 g/mol. The van der Waals surface area contributed by atoms with Gasteiger partial charge in [-0.25, -0.2) is 9.18 Å². The molecule has 0 heterocycles. The molecule has 0 unspecified atom stereocenters. The summed E-state index contributed by atoms with van der Waals surface area (Å²) in [6.07, 6.45) is 0.610. The molecule has 0 aliphatic carbocycles. The van der Waals surface area contributed by atoms with E-state index in [1.165, 1.54) is 12.1 Å². The summed E-state index contributed by atoms with van der Waals surface area (Å²) in [6, 6.07) is 14.5. The van der Waals surface area contributed by atoms with Gasteiger partial charge in [-0.2, -0.15) is 5.26 Å². The molecule has 2 aromatic carbocycles. The van der Waals surface area contributed by atoms with Gasteiger partial charge >= 0.3 is 6.03 Å². The highest BCUT2D eigenvalue weighted by Crippen LogP contribution is 2.17. The van der Waals surface area contributed by atoms with Crippen LogP contribution < -0.4 is 15.4 Å². The maximum absolute atomic E-state index is 12.8. The minimum Gasteiger partial charge on any atom is -0.479 e. The van der Waals surface area contributed by atoms with E-state index in [1.807, 2.05) is 6.07 Å². The molecule has 0 saturated heterocycles. The summed E-state index contributed by atoms with van der Waals surface area (Å²) in [4.78, 5) is 11.8. The van der Waals surface area contributed by atoms with Crippen LogP contribution in [0.2, 0.25) is 0 Å². The van der Waals surface area contributed by atoms with Gasteiger partial charge in [-0.05, 0) is 36.2 Å². The van der Waals surface area contributed by atoms with Crippen LogP contribution >= 0.6 is 0 Å². The van der Waals surface area contributed by atoms with Gasteiger partial charge in [0.1, 0.15) is 17.6 Å². The van der Waals surface area contributed by atoms with Crippen molar-refractivity contribution in [2.45, 2.75) is 6.42 Å². The Balaban J connectivity index is 1.78. The van der Waals surface area contributed by atoms with Crippen molar-refractivity contribution in [3.8, 4) is 11.8 Å². The minimum absolute atomic E-state index is 0.0483. The second-order valence-corrected chi connectivity index (χ2v) is 4.73. The Kier molecular flexibility index (Phi) is 5.95. The standard InChI is InChI=1S/C17H16FN3O2/c18-14-6-4-13(5-7-14)8-10-20-17(22)21-15-2-1-3-16(12-15)23-11-9-19/h1-7,12H,8,10-11H2,(H2,20,21,22). The topological polar surface area (TPSA) is 74.1 Å². The third-order valence-electron chi connectivity index (χ3n) is 3.01. The van der Waals surface area contributed by atoms with Gasteiger partial charge in [0.05, 0.1) is 0 Å². The van der Waals surface area contributed by atoms with E-state index in [0.29, 0.717) is 24.4 Å². The predicted octanol–water partition coefficient (Wildman–Crippen LogP) is 3.09. The Bertz CT molecular complexity index is 696. The highest BCUT2D eigenvalue weighted by atomic mass is 19.1. The number of amides is 2. The van der Waals surface area contributed by atoms with Crippen LogP contribution in [-0.4, -0.2) is 19.2 Å². The largest absolute Gasteiger partial charge is 0.479 e. The van der Waals surface area contributed by atoms with Crippen molar-refractivity contribution in [2.24, 2.45) is 0 Å². The summed E-state index contributed by atoms with van der Waals surface area (Å²) in [6.45, 7) is 0.384. The van der Waals surface area contributed by atoms with Gasteiger partial charge in [0.2, 0.25) is 0 Å². The smallest absolute Gasteiger partial charge is 0.319 e. The van der Waals surface area contributed by atoms with Gasteiger partial charge in [-0.15, -0.1) is 0 Å². The van der Waals surface area contributed by atoms with E-state index < -0.39 is 0 Å². The predicted molar refractivity (Wildman–Crippen MR) is 84.7 cm³/mol. The normalized spacial score (nSPS) is 9.74. The van der Waals surface area contributed by atoms with Gasteiger partial charge in [0, 0.05) is 18.3 Å². The third kappa shape index (κ3) is 5.67. The zero-order chi connectivity index (χ0) is 16.5. The van der Waals surface area contributed by atoms with E-state index in [1.54, 1.807) is 36.4 Å². The summed E-state index contributed by atoms with van der Waals surface area (Å²) in [5.74, 6) is 0.230. The van der Waals surface area contributed by atoms with Crippen LogP contribution in [0.5, 0.6) is 5.75 Å². The number of carbonyl (C=O) groups excluding carboxylic acids is 1. The molecule has 0 aliphatic heterocycles. The number of anilines is 1. The van der Waals surface area contributed by atoms with Gasteiger partial charge in [0.25, 0.3) is 0 Å². The first-order chi connectivity index (χ1) is 11.2. The lowest BCUT2D eigenvalue weighted by atomic mass is 10.1. The zero-order valence-electron chi connectivity index (χ0n) is 12.4. The minimum atomic E-state index is -0.343. The Morgan fingerprint density at radius 3 is 2.74 bits per heavy atom. The first-order valence-electron chi connectivity index (χ1n) is 7.06. The van der Waals surface area contributed by atoms with Crippen LogP contribution in [-0.2, 0) is 6.42 Å². The molecule has 2 amide bonds. The SMILES string of the molecule is N#CCOc1cccc(NC(=O)NCCc2ccc(F)cc2)c1. The highest BCUT2D eigenvalue weighted by molar-refractivity contribution is 5.89. The summed E-state index contributed by atoms with van der Waals surface area (Å²) in [5, 5.41) is 13.9. The molecule has 0 saturated carbocycles. The average Bonchev–Trinajstić information content (AvgIpc) is 2.55. The Morgan fingerprint density at radius 1 is 1.22 bits per heavy atom. The molecule has 23 heavy (non-hydrogen) atoms. The van der Waals surface area contributed by atoms with Crippen LogP contribution in [0.4, 0.5) is 14.9 Å². The molecule has 118 valence electrons. The van der Waals surface area contributed by atoms with E-state index >= 15 is 0 Å². The monoisotopic (exact) mass is 313 g/mol. The number of halogens is 1. The fraction of sp³-hybridized carbons (Fsp3) is 0.176. The number of ether oxygens (including phenoxy) is 1.